The summed E-state index contributed by atoms with van der Waals surface area (Å²) >= 11 is 15.9. The highest BCUT2D eigenvalue weighted by atomic mass is 127. The van der Waals surface area contributed by atoms with Crippen molar-refractivity contribution in [2.75, 3.05) is 11.4 Å². The summed E-state index contributed by atoms with van der Waals surface area (Å²) in [6.07, 6.45) is 4.15. The summed E-state index contributed by atoms with van der Waals surface area (Å²) in [5.74, 6) is 6.52. The van der Waals surface area contributed by atoms with E-state index >= 15 is 0 Å². The fourth-order valence-electron chi connectivity index (χ4n) is 3.45. The lowest BCUT2D eigenvalue weighted by Gasteiger charge is -2.17. The van der Waals surface area contributed by atoms with E-state index in [-0.39, 0.29) is 24.0 Å². The maximum Gasteiger partial charge on any atom is 0.263 e. The lowest BCUT2D eigenvalue weighted by Crippen LogP contribution is -2.33. The highest BCUT2D eigenvalue weighted by Crippen LogP contribution is 2.46. The van der Waals surface area contributed by atoms with Gasteiger partial charge >= 0.3 is 0 Å². The van der Waals surface area contributed by atoms with Gasteiger partial charge in [0.05, 0.1) is 10.7 Å². The number of aryl methyl sites for hydroxylation is 1. The van der Waals surface area contributed by atoms with Gasteiger partial charge in [0, 0.05) is 45.3 Å². The Balaban J connectivity index is 0.00000272. The van der Waals surface area contributed by atoms with Crippen LogP contribution >= 0.6 is 70.3 Å². The molecule has 0 unspecified atom stereocenters. The number of halogens is 3. The van der Waals surface area contributed by atoms with Crippen LogP contribution in [0.15, 0.2) is 58.0 Å². The summed E-state index contributed by atoms with van der Waals surface area (Å²) in [7, 11) is 0. The minimum Gasteiger partial charge on any atom is -0.335 e. The van der Waals surface area contributed by atoms with Crippen molar-refractivity contribution in [3.05, 3.63) is 68.1 Å². The standard InChI is InChI=1S/C24H21Cl2N2S2.HI/c1-4-27-19-14-17(25)9-11-21(19)29-23(27)8-6-7-16(3)13-24-28(5-2)20-15-18(26)10-12-22(20)30-24;/h8-15H,4-5H2,1-3H3;1H/q+1;. The van der Waals surface area contributed by atoms with E-state index in [4.69, 9.17) is 23.2 Å². The third-order valence-electron chi connectivity index (χ3n) is 4.82. The quantitative estimate of drug-likeness (QED) is 0.171. The zero-order valence-electron chi connectivity index (χ0n) is 17.4. The molecular formula is C24H22Cl2IN2S2+. The van der Waals surface area contributed by atoms with Crippen LogP contribution in [0, 0.1) is 11.8 Å². The number of anilines is 1. The first kappa shape index (κ1) is 24.5. The minimum atomic E-state index is 0. The molecule has 1 aliphatic heterocycles. The van der Waals surface area contributed by atoms with E-state index in [0.717, 1.165) is 39.4 Å². The number of fused-ring (bicyclic) bond motifs is 2. The molecule has 1 aliphatic rings. The van der Waals surface area contributed by atoms with Gasteiger partial charge in [-0.2, -0.15) is 4.57 Å². The zero-order chi connectivity index (χ0) is 21.3. The number of allylic oxidation sites excluding steroid dienone is 2. The highest BCUT2D eigenvalue weighted by molar-refractivity contribution is 14.0. The van der Waals surface area contributed by atoms with Crippen molar-refractivity contribution in [2.45, 2.75) is 32.2 Å². The summed E-state index contributed by atoms with van der Waals surface area (Å²) in [4.78, 5) is 3.47. The van der Waals surface area contributed by atoms with Crippen LogP contribution in [0.4, 0.5) is 5.69 Å². The number of aromatic nitrogens is 1. The van der Waals surface area contributed by atoms with Gasteiger partial charge in [-0.25, -0.2) is 0 Å². The molecule has 31 heavy (non-hydrogen) atoms. The normalized spacial score (nSPS) is 14.4. The SMILES string of the molecule is CCN1/C(=C\C#C/C(C)=C/c2sc3ccc(Cl)cc3[n+]2CC)Sc2ccc(Cl)cc21.I. The Labute approximate surface area is 219 Å². The lowest BCUT2D eigenvalue weighted by atomic mass is 10.2. The van der Waals surface area contributed by atoms with E-state index in [1.165, 1.54) is 20.1 Å². The van der Waals surface area contributed by atoms with Gasteiger partial charge < -0.3 is 4.90 Å². The molecule has 0 bridgehead atoms. The predicted molar refractivity (Wildman–Crippen MR) is 148 cm³/mol. The largest absolute Gasteiger partial charge is 0.335 e. The second-order valence-corrected chi connectivity index (χ2v) is 9.83. The number of hydrogen-bond acceptors (Lipinski definition) is 3. The van der Waals surface area contributed by atoms with Gasteiger partial charge in [0.2, 0.25) is 5.52 Å². The third-order valence-corrected chi connectivity index (χ3v) is 7.52. The molecule has 0 spiro atoms. The van der Waals surface area contributed by atoms with Gasteiger partial charge in [-0.3, -0.25) is 0 Å². The molecule has 160 valence electrons. The Hall–Kier alpha value is -1.17. The fourth-order valence-corrected chi connectivity index (χ4v) is 6.08. The topological polar surface area (TPSA) is 7.12 Å². The minimum absolute atomic E-state index is 0. The maximum atomic E-state index is 6.19. The van der Waals surface area contributed by atoms with E-state index in [9.17, 15) is 0 Å². The summed E-state index contributed by atoms with van der Waals surface area (Å²) in [6, 6.07) is 12.1. The molecule has 0 saturated carbocycles. The molecule has 4 rings (SSSR count). The average Bonchev–Trinajstić information content (AvgIpc) is 3.23. The Kier molecular flexibility index (Phi) is 8.39. The smallest absolute Gasteiger partial charge is 0.263 e. The first-order chi connectivity index (χ1) is 14.5. The van der Waals surface area contributed by atoms with Crippen molar-refractivity contribution >= 4 is 92.3 Å². The third kappa shape index (κ3) is 5.26. The molecule has 0 radical (unpaired) electrons. The number of rotatable bonds is 3. The predicted octanol–water partition coefficient (Wildman–Crippen LogP) is 8.01. The maximum absolute atomic E-state index is 6.19. The average molecular weight is 600 g/mol. The van der Waals surface area contributed by atoms with Gasteiger partial charge in [-0.1, -0.05) is 58.1 Å². The van der Waals surface area contributed by atoms with Gasteiger partial charge in [0.1, 0.15) is 11.2 Å². The molecule has 2 aromatic carbocycles. The van der Waals surface area contributed by atoms with E-state index in [2.05, 4.69) is 60.3 Å². The van der Waals surface area contributed by atoms with Gasteiger partial charge in [-0.15, -0.1) is 24.0 Å². The molecular weight excluding hydrogens is 578 g/mol. The number of hydrogen-bond donors (Lipinski definition) is 0. The number of nitrogens with zero attached hydrogens (tertiary/aromatic N) is 2. The summed E-state index contributed by atoms with van der Waals surface area (Å²) in [5, 5.41) is 3.84. The molecule has 2 nitrogen and oxygen atoms in total. The molecule has 0 amide bonds. The van der Waals surface area contributed by atoms with Crippen molar-refractivity contribution in [3.63, 3.8) is 0 Å². The van der Waals surface area contributed by atoms with Crippen LogP contribution in [-0.2, 0) is 6.54 Å². The molecule has 0 fully saturated rings. The second-order valence-electron chi connectivity index (χ2n) is 6.83. The van der Waals surface area contributed by atoms with Crippen LogP contribution in [0.3, 0.4) is 0 Å². The Morgan fingerprint density at radius 1 is 1.13 bits per heavy atom. The molecule has 7 heteroatoms. The van der Waals surface area contributed by atoms with E-state index in [1.807, 2.05) is 30.3 Å². The molecule has 1 aromatic heterocycles. The molecule has 0 atom stereocenters. The first-order valence-corrected chi connectivity index (χ1v) is 12.2. The van der Waals surface area contributed by atoms with Crippen LogP contribution in [0.2, 0.25) is 10.0 Å². The zero-order valence-corrected chi connectivity index (χ0v) is 22.9. The van der Waals surface area contributed by atoms with Gasteiger partial charge in [0.15, 0.2) is 0 Å². The highest BCUT2D eigenvalue weighted by Gasteiger charge is 2.23. The Morgan fingerprint density at radius 2 is 1.87 bits per heavy atom. The summed E-state index contributed by atoms with van der Waals surface area (Å²) in [6.45, 7) is 8.11. The molecule has 0 N–H and O–H groups in total. The van der Waals surface area contributed by atoms with E-state index < -0.39 is 0 Å². The Bertz CT molecular complexity index is 1250. The first-order valence-electron chi connectivity index (χ1n) is 9.77. The van der Waals surface area contributed by atoms with Crippen molar-refractivity contribution in [3.8, 4) is 11.8 Å². The van der Waals surface area contributed by atoms with Crippen molar-refractivity contribution in [1.29, 1.82) is 0 Å². The van der Waals surface area contributed by atoms with Crippen LogP contribution in [0.1, 0.15) is 25.8 Å². The second kappa shape index (κ2) is 10.6. The van der Waals surface area contributed by atoms with E-state index in [0.29, 0.717) is 0 Å². The molecule has 0 aliphatic carbocycles. The molecule has 0 saturated heterocycles. The summed E-state index contributed by atoms with van der Waals surface area (Å²) < 4.78 is 3.51. The molecule has 3 aromatic rings. The monoisotopic (exact) mass is 599 g/mol. The fraction of sp³-hybridized carbons (Fsp3) is 0.208. The number of thioether (sulfide) groups is 1. The number of thiazole rings is 1. The van der Waals surface area contributed by atoms with Gasteiger partial charge in [0.25, 0.3) is 5.01 Å². The van der Waals surface area contributed by atoms with Crippen LogP contribution < -0.4 is 9.47 Å². The molecule has 2 heterocycles. The summed E-state index contributed by atoms with van der Waals surface area (Å²) in [5.41, 5.74) is 3.35. The Morgan fingerprint density at radius 3 is 2.61 bits per heavy atom. The van der Waals surface area contributed by atoms with Crippen LogP contribution in [0.25, 0.3) is 16.3 Å². The number of benzene rings is 2. The van der Waals surface area contributed by atoms with Crippen LogP contribution in [-0.4, -0.2) is 6.54 Å². The lowest BCUT2D eigenvalue weighted by molar-refractivity contribution is -0.665. The van der Waals surface area contributed by atoms with Crippen molar-refractivity contribution in [2.24, 2.45) is 0 Å². The van der Waals surface area contributed by atoms with Crippen molar-refractivity contribution in [1.82, 2.24) is 0 Å². The van der Waals surface area contributed by atoms with Gasteiger partial charge in [-0.05, 0) is 51.1 Å². The van der Waals surface area contributed by atoms with Crippen LogP contribution in [0.5, 0.6) is 0 Å². The van der Waals surface area contributed by atoms with Crippen molar-refractivity contribution < 1.29 is 4.57 Å². The van der Waals surface area contributed by atoms with E-state index in [1.54, 1.807) is 23.1 Å².